The standard InChI is InChI=1S/C10H13NO2S/c1-7-5-10(14-11-7)9(12)6-8-3-2-4-13-8/h5,8H,2-4,6H2,1H3. The number of rotatable bonds is 3. The Balaban J connectivity index is 1.95. The maximum Gasteiger partial charge on any atom is 0.176 e. The molecule has 76 valence electrons. The third-order valence-corrected chi connectivity index (χ3v) is 3.26. The van der Waals surface area contributed by atoms with Crippen LogP contribution in [-0.2, 0) is 4.74 Å². The van der Waals surface area contributed by atoms with Crippen LogP contribution < -0.4 is 0 Å². The molecular formula is C10H13NO2S. The normalized spacial score (nSPS) is 21.4. The van der Waals surface area contributed by atoms with Gasteiger partial charge in [0.2, 0.25) is 0 Å². The van der Waals surface area contributed by atoms with E-state index in [-0.39, 0.29) is 11.9 Å². The van der Waals surface area contributed by atoms with Gasteiger partial charge in [0, 0.05) is 13.0 Å². The second kappa shape index (κ2) is 4.19. The van der Waals surface area contributed by atoms with E-state index in [0.717, 1.165) is 30.0 Å². The van der Waals surface area contributed by atoms with Gasteiger partial charge in [0.1, 0.15) is 0 Å². The van der Waals surface area contributed by atoms with Crippen molar-refractivity contribution >= 4 is 17.3 Å². The van der Waals surface area contributed by atoms with Crippen LogP contribution in [0.4, 0.5) is 0 Å². The number of Topliss-reactive ketones (excluding diaryl/α,β-unsaturated/α-hetero) is 1. The minimum atomic E-state index is 0.143. The minimum Gasteiger partial charge on any atom is -0.378 e. The third kappa shape index (κ3) is 2.19. The topological polar surface area (TPSA) is 39.2 Å². The zero-order chi connectivity index (χ0) is 9.97. The van der Waals surface area contributed by atoms with Crippen LogP contribution in [0.3, 0.4) is 0 Å². The van der Waals surface area contributed by atoms with E-state index in [1.54, 1.807) is 0 Å². The summed E-state index contributed by atoms with van der Waals surface area (Å²) < 4.78 is 9.51. The summed E-state index contributed by atoms with van der Waals surface area (Å²) >= 11 is 1.29. The van der Waals surface area contributed by atoms with Crippen molar-refractivity contribution in [3.8, 4) is 0 Å². The van der Waals surface area contributed by atoms with Crippen molar-refractivity contribution in [2.45, 2.75) is 32.3 Å². The predicted octanol–water partition coefficient (Wildman–Crippen LogP) is 2.20. The molecule has 1 aliphatic rings. The highest BCUT2D eigenvalue weighted by Gasteiger charge is 2.20. The first-order valence-corrected chi connectivity index (χ1v) is 5.61. The molecular weight excluding hydrogens is 198 g/mol. The van der Waals surface area contributed by atoms with Gasteiger partial charge in [0.25, 0.3) is 0 Å². The number of ketones is 1. The molecule has 0 saturated carbocycles. The van der Waals surface area contributed by atoms with Gasteiger partial charge in [-0.2, -0.15) is 4.37 Å². The lowest BCUT2D eigenvalue weighted by molar-refractivity contribution is 0.0779. The summed E-state index contributed by atoms with van der Waals surface area (Å²) in [4.78, 5) is 12.5. The molecule has 0 bridgehead atoms. The largest absolute Gasteiger partial charge is 0.378 e. The first kappa shape index (κ1) is 9.80. The SMILES string of the molecule is Cc1cc(C(=O)CC2CCCO2)sn1. The summed E-state index contributed by atoms with van der Waals surface area (Å²) in [5.41, 5.74) is 0.922. The van der Waals surface area contributed by atoms with Gasteiger partial charge < -0.3 is 4.74 Å². The van der Waals surface area contributed by atoms with E-state index in [1.807, 2.05) is 13.0 Å². The van der Waals surface area contributed by atoms with Crippen molar-refractivity contribution in [2.24, 2.45) is 0 Å². The maximum absolute atomic E-state index is 11.7. The highest BCUT2D eigenvalue weighted by Crippen LogP contribution is 2.19. The number of nitrogens with zero attached hydrogens (tertiary/aromatic N) is 1. The Hall–Kier alpha value is -0.740. The predicted molar refractivity (Wildman–Crippen MR) is 54.8 cm³/mol. The molecule has 14 heavy (non-hydrogen) atoms. The van der Waals surface area contributed by atoms with Gasteiger partial charge in [0.05, 0.1) is 16.7 Å². The molecule has 2 heterocycles. The van der Waals surface area contributed by atoms with Crippen LogP contribution in [0.2, 0.25) is 0 Å². The van der Waals surface area contributed by atoms with Crippen molar-refractivity contribution in [3.05, 3.63) is 16.6 Å². The summed E-state index contributed by atoms with van der Waals surface area (Å²) in [6.45, 7) is 2.71. The average Bonchev–Trinajstić information content (AvgIpc) is 2.75. The molecule has 1 unspecified atom stereocenters. The highest BCUT2D eigenvalue weighted by atomic mass is 32.1. The molecule has 0 N–H and O–H groups in total. The number of aromatic nitrogens is 1. The number of hydrogen-bond donors (Lipinski definition) is 0. The number of ether oxygens (including phenoxy) is 1. The summed E-state index contributed by atoms with van der Waals surface area (Å²) in [6.07, 6.45) is 2.76. The molecule has 0 aliphatic carbocycles. The van der Waals surface area contributed by atoms with Gasteiger partial charge in [0.15, 0.2) is 5.78 Å². The zero-order valence-corrected chi connectivity index (χ0v) is 8.97. The van der Waals surface area contributed by atoms with Gasteiger partial charge in [-0.05, 0) is 37.4 Å². The number of hydrogen-bond acceptors (Lipinski definition) is 4. The Morgan fingerprint density at radius 3 is 3.21 bits per heavy atom. The van der Waals surface area contributed by atoms with Gasteiger partial charge in [-0.15, -0.1) is 0 Å². The van der Waals surface area contributed by atoms with Crippen LogP contribution in [0, 0.1) is 6.92 Å². The molecule has 1 aromatic heterocycles. The van der Waals surface area contributed by atoms with E-state index in [2.05, 4.69) is 4.37 Å². The summed E-state index contributed by atoms with van der Waals surface area (Å²) in [5, 5.41) is 0. The molecule has 1 aromatic rings. The Morgan fingerprint density at radius 2 is 2.64 bits per heavy atom. The third-order valence-electron chi connectivity index (χ3n) is 2.34. The molecule has 0 aromatic carbocycles. The summed E-state index contributed by atoms with van der Waals surface area (Å²) in [7, 11) is 0. The lowest BCUT2D eigenvalue weighted by atomic mass is 10.1. The van der Waals surface area contributed by atoms with E-state index in [9.17, 15) is 4.79 Å². The molecule has 1 saturated heterocycles. The molecule has 4 heteroatoms. The monoisotopic (exact) mass is 211 g/mol. The van der Waals surface area contributed by atoms with Gasteiger partial charge in [-0.25, -0.2) is 0 Å². The van der Waals surface area contributed by atoms with Crippen LogP contribution in [0.5, 0.6) is 0 Å². The molecule has 0 amide bonds. The van der Waals surface area contributed by atoms with Crippen molar-refractivity contribution in [1.82, 2.24) is 4.37 Å². The van der Waals surface area contributed by atoms with E-state index < -0.39 is 0 Å². The molecule has 0 radical (unpaired) electrons. The summed E-state index contributed by atoms with van der Waals surface area (Å²) in [6, 6.07) is 1.85. The highest BCUT2D eigenvalue weighted by molar-refractivity contribution is 7.08. The fourth-order valence-corrected chi connectivity index (χ4v) is 2.31. The smallest absolute Gasteiger partial charge is 0.176 e. The summed E-state index contributed by atoms with van der Waals surface area (Å²) in [5.74, 6) is 0.169. The second-order valence-corrected chi connectivity index (χ2v) is 4.40. The van der Waals surface area contributed by atoms with E-state index in [1.165, 1.54) is 11.5 Å². The Labute approximate surface area is 87.3 Å². The molecule has 1 aliphatic heterocycles. The first-order valence-electron chi connectivity index (χ1n) is 4.84. The van der Waals surface area contributed by atoms with Crippen molar-refractivity contribution in [2.75, 3.05) is 6.61 Å². The van der Waals surface area contributed by atoms with Crippen LogP contribution in [0.15, 0.2) is 6.07 Å². The maximum atomic E-state index is 11.7. The molecule has 0 spiro atoms. The van der Waals surface area contributed by atoms with Gasteiger partial charge >= 0.3 is 0 Å². The Morgan fingerprint density at radius 1 is 1.79 bits per heavy atom. The number of aryl methyl sites for hydroxylation is 1. The van der Waals surface area contributed by atoms with Gasteiger partial charge in [-0.3, -0.25) is 4.79 Å². The lowest BCUT2D eigenvalue weighted by Crippen LogP contribution is -2.11. The second-order valence-electron chi connectivity index (χ2n) is 3.59. The van der Waals surface area contributed by atoms with E-state index >= 15 is 0 Å². The fourth-order valence-electron chi connectivity index (χ4n) is 1.61. The van der Waals surface area contributed by atoms with E-state index in [0.29, 0.717) is 6.42 Å². The molecule has 2 rings (SSSR count). The van der Waals surface area contributed by atoms with Crippen molar-refractivity contribution in [3.63, 3.8) is 0 Å². The molecule has 3 nitrogen and oxygen atoms in total. The van der Waals surface area contributed by atoms with Gasteiger partial charge in [-0.1, -0.05) is 0 Å². The van der Waals surface area contributed by atoms with Crippen LogP contribution in [0.25, 0.3) is 0 Å². The van der Waals surface area contributed by atoms with Crippen LogP contribution in [0.1, 0.15) is 34.6 Å². The Bertz CT molecular complexity index is 329. The first-order chi connectivity index (χ1) is 6.75. The van der Waals surface area contributed by atoms with Crippen LogP contribution >= 0.6 is 11.5 Å². The lowest BCUT2D eigenvalue weighted by Gasteiger charge is -2.05. The Kier molecular flexibility index (Phi) is 2.93. The minimum absolute atomic E-state index is 0.143. The quantitative estimate of drug-likeness (QED) is 0.719. The average molecular weight is 211 g/mol. The van der Waals surface area contributed by atoms with Crippen LogP contribution in [-0.4, -0.2) is 22.9 Å². The molecule has 1 fully saturated rings. The number of carbonyl (C=O) groups excluding carboxylic acids is 1. The van der Waals surface area contributed by atoms with E-state index in [4.69, 9.17) is 4.74 Å². The van der Waals surface area contributed by atoms with Crippen molar-refractivity contribution in [1.29, 1.82) is 0 Å². The fraction of sp³-hybridized carbons (Fsp3) is 0.600. The molecule has 1 atom stereocenters. The van der Waals surface area contributed by atoms with Crippen molar-refractivity contribution < 1.29 is 9.53 Å². The zero-order valence-electron chi connectivity index (χ0n) is 8.16. The number of carbonyl (C=O) groups is 1.